The maximum absolute atomic E-state index is 12.2. The summed E-state index contributed by atoms with van der Waals surface area (Å²) in [6, 6.07) is 5.44. The highest BCUT2D eigenvalue weighted by Gasteiger charge is 2.12. The fourth-order valence-corrected chi connectivity index (χ4v) is 2.06. The summed E-state index contributed by atoms with van der Waals surface area (Å²) in [6.07, 6.45) is -0.645. The number of aryl methyl sites for hydroxylation is 1. The van der Waals surface area contributed by atoms with Crippen molar-refractivity contribution in [3.05, 3.63) is 39.4 Å². The van der Waals surface area contributed by atoms with Crippen molar-refractivity contribution in [1.29, 1.82) is 0 Å². The van der Waals surface area contributed by atoms with Crippen molar-refractivity contribution in [1.82, 2.24) is 9.55 Å². The Morgan fingerprint density at radius 2 is 2.24 bits per heavy atom. The van der Waals surface area contributed by atoms with E-state index in [1.54, 1.807) is 13.0 Å². The normalized spacial score (nSPS) is 12.9. The molecule has 1 N–H and O–H groups in total. The molecule has 2 aromatic rings. The van der Waals surface area contributed by atoms with Crippen LogP contribution in [-0.4, -0.2) is 20.8 Å². The number of hydrogen-bond donors (Lipinski definition) is 1. The lowest BCUT2D eigenvalue weighted by Crippen LogP contribution is -2.27. The lowest BCUT2D eigenvalue weighted by molar-refractivity contribution is 0.172. The second kappa shape index (κ2) is 4.47. The van der Waals surface area contributed by atoms with Gasteiger partial charge in [-0.15, -0.1) is 0 Å². The molecule has 0 saturated heterocycles. The number of aliphatic hydroxyl groups is 1. The quantitative estimate of drug-likeness (QED) is 0.829. The van der Waals surface area contributed by atoms with E-state index in [1.165, 1.54) is 4.57 Å². The number of hydrogen-bond acceptors (Lipinski definition) is 3. The fraction of sp³-hybridized carbons (Fsp3) is 0.333. The summed E-state index contributed by atoms with van der Waals surface area (Å²) in [5.41, 5.74) is 1.23. The molecule has 1 unspecified atom stereocenters. The Balaban J connectivity index is 2.79. The third kappa shape index (κ3) is 2.18. The van der Waals surface area contributed by atoms with Gasteiger partial charge in [0.05, 0.1) is 23.6 Å². The number of rotatable bonds is 2. The molecule has 0 amide bonds. The van der Waals surface area contributed by atoms with Gasteiger partial charge in [-0.25, -0.2) is 4.98 Å². The molecule has 5 heteroatoms. The zero-order valence-corrected chi connectivity index (χ0v) is 10.4. The largest absolute Gasteiger partial charge is 0.392 e. The van der Waals surface area contributed by atoms with Crippen LogP contribution in [0.4, 0.5) is 0 Å². The molecule has 90 valence electrons. The van der Waals surface area contributed by atoms with E-state index < -0.39 is 6.10 Å². The van der Waals surface area contributed by atoms with E-state index in [9.17, 15) is 9.90 Å². The lowest BCUT2D eigenvalue weighted by Gasteiger charge is -2.11. The van der Waals surface area contributed by atoms with Crippen LogP contribution in [0, 0.1) is 6.92 Å². The molecule has 0 bridgehead atoms. The molecule has 0 aliphatic heterocycles. The van der Waals surface area contributed by atoms with Crippen LogP contribution in [0.1, 0.15) is 12.5 Å². The van der Waals surface area contributed by atoms with Crippen molar-refractivity contribution in [2.75, 3.05) is 0 Å². The molecular weight excluding hydrogens is 240 g/mol. The first-order valence-corrected chi connectivity index (χ1v) is 5.72. The summed E-state index contributed by atoms with van der Waals surface area (Å²) in [6.45, 7) is 3.60. The van der Waals surface area contributed by atoms with Crippen molar-refractivity contribution < 1.29 is 5.11 Å². The molecule has 1 aromatic heterocycles. The Labute approximate surface area is 103 Å². The molecule has 0 fully saturated rings. The number of aromatic nitrogens is 2. The molecule has 0 spiro atoms. The van der Waals surface area contributed by atoms with Crippen LogP contribution in [0.3, 0.4) is 0 Å². The number of halogens is 1. The van der Waals surface area contributed by atoms with E-state index in [1.807, 2.05) is 19.1 Å². The standard InChI is InChI=1S/C12H13ClN2O2/c1-7-4-3-5-9-10(7)11(17)15(6-8(2)16)12(13)14-9/h3-5,8,16H,6H2,1-2H3. The molecule has 1 atom stereocenters. The van der Waals surface area contributed by atoms with Crippen LogP contribution in [0.25, 0.3) is 10.9 Å². The Hall–Kier alpha value is -1.39. The summed E-state index contributed by atoms with van der Waals surface area (Å²) in [4.78, 5) is 16.4. The van der Waals surface area contributed by atoms with Crippen LogP contribution in [0.5, 0.6) is 0 Å². The number of aliphatic hydroxyl groups excluding tert-OH is 1. The first kappa shape index (κ1) is 12.1. The molecule has 4 nitrogen and oxygen atoms in total. The molecule has 1 aromatic carbocycles. The van der Waals surface area contributed by atoms with Crippen LogP contribution in [0.15, 0.2) is 23.0 Å². The Morgan fingerprint density at radius 3 is 2.88 bits per heavy atom. The maximum atomic E-state index is 12.2. The second-order valence-corrected chi connectivity index (χ2v) is 4.45. The van der Waals surface area contributed by atoms with Gasteiger partial charge in [-0.1, -0.05) is 12.1 Å². The minimum Gasteiger partial charge on any atom is -0.392 e. The summed E-state index contributed by atoms with van der Waals surface area (Å²) >= 11 is 5.95. The van der Waals surface area contributed by atoms with E-state index in [0.717, 1.165) is 5.56 Å². The Bertz CT molecular complexity index is 620. The maximum Gasteiger partial charge on any atom is 0.262 e. The molecule has 0 aliphatic rings. The summed E-state index contributed by atoms with van der Waals surface area (Å²) in [5, 5.41) is 10.0. The zero-order valence-electron chi connectivity index (χ0n) is 9.64. The summed E-state index contributed by atoms with van der Waals surface area (Å²) in [7, 11) is 0. The Kier molecular flexibility index (Phi) is 3.17. The molecule has 17 heavy (non-hydrogen) atoms. The highest BCUT2D eigenvalue weighted by molar-refractivity contribution is 6.28. The molecular formula is C12H13ClN2O2. The van der Waals surface area contributed by atoms with E-state index in [-0.39, 0.29) is 17.4 Å². The van der Waals surface area contributed by atoms with Gasteiger partial charge in [-0.3, -0.25) is 9.36 Å². The van der Waals surface area contributed by atoms with E-state index in [4.69, 9.17) is 11.6 Å². The van der Waals surface area contributed by atoms with Gasteiger partial charge < -0.3 is 5.11 Å². The predicted octanol–water partition coefficient (Wildman–Crippen LogP) is 1.74. The highest BCUT2D eigenvalue weighted by atomic mass is 35.5. The van der Waals surface area contributed by atoms with Crippen molar-refractivity contribution >= 4 is 22.5 Å². The molecule has 0 aliphatic carbocycles. The average Bonchev–Trinajstić information content (AvgIpc) is 2.23. The number of fused-ring (bicyclic) bond motifs is 1. The van der Waals surface area contributed by atoms with Crippen LogP contribution in [0.2, 0.25) is 5.28 Å². The van der Waals surface area contributed by atoms with E-state index in [0.29, 0.717) is 10.9 Å². The van der Waals surface area contributed by atoms with Gasteiger partial charge in [-0.2, -0.15) is 0 Å². The second-order valence-electron chi connectivity index (χ2n) is 4.11. The zero-order chi connectivity index (χ0) is 12.6. The van der Waals surface area contributed by atoms with Gasteiger partial charge in [0, 0.05) is 0 Å². The number of benzene rings is 1. The highest BCUT2D eigenvalue weighted by Crippen LogP contribution is 2.15. The van der Waals surface area contributed by atoms with Crippen molar-refractivity contribution in [2.45, 2.75) is 26.5 Å². The van der Waals surface area contributed by atoms with Gasteiger partial charge in [0.1, 0.15) is 0 Å². The van der Waals surface area contributed by atoms with Crippen LogP contribution >= 0.6 is 11.6 Å². The SMILES string of the molecule is Cc1cccc2nc(Cl)n(CC(C)O)c(=O)c12. The van der Waals surface area contributed by atoms with Gasteiger partial charge in [-0.05, 0) is 37.1 Å². The van der Waals surface area contributed by atoms with E-state index in [2.05, 4.69) is 4.98 Å². The molecule has 2 rings (SSSR count). The van der Waals surface area contributed by atoms with Crippen molar-refractivity contribution in [3.63, 3.8) is 0 Å². The minimum atomic E-state index is -0.645. The summed E-state index contributed by atoms with van der Waals surface area (Å²) < 4.78 is 1.29. The first-order valence-electron chi connectivity index (χ1n) is 5.34. The topological polar surface area (TPSA) is 55.1 Å². The first-order chi connectivity index (χ1) is 8.00. The third-order valence-electron chi connectivity index (χ3n) is 2.59. The van der Waals surface area contributed by atoms with Crippen molar-refractivity contribution in [3.8, 4) is 0 Å². The lowest BCUT2D eigenvalue weighted by atomic mass is 10.1. The fourth-order valence-electron chi connectivity index (χ4n) is 1.82. The Morgan fingerprint density at radius 1 is 1.53 bits per heavy atom. The number of nitrogens with zero attached hydrogens (tertiary/aromatic N) is 2. The predicted molar refractivity (Wildman–Crippen MR) is 67.4 cm³/mol. The van der Waals surface area contributed by atoms with Crippen molar-refractivity contribution in [2.24, 2.45) is 0 Å². The third-order valence-corrected chi connectivity index (χ3v) is 2.88. The smallest absolute Gasteiger partial charge is 0.262 e. The van der Waals surface area contributed by atoms with Gasteiger partial charge in [0.15, 0.2) is 0 Å². The van der Waals surface area contributed by atoms with E-state index >= 15 is 0 Å². The van der Waals surface area contributed by atoms with Crippen LogP contribution in [-0.2, 0) is 6.54 Å². The van der Waals surface area contributed by atoms with Gasteiger partial charge in [0.25, 0.3) is 5.56 Å². The monoisotopic (exact) mass is 252 g/mol. The molecule has 0 saturated carbocycles. The average molecular weight is 253 g/mol. The minimum absolute atomic E-state index is 0.106. The van der Waals surface area contributed by atoms with Crippen LogP contribution < -0.4 is 5.56 Å². The van der Waals surface area contributed by atoms with Gasteiger partial charge >= 0.3 is 0 Å². The summed E-state index contributed by atoms with van der Waals surface area (Å²) in [5.74, 6) is 0. The molecule has 1 heterocycles. The molecule has 0 radical (unpaired) electrons. The van der Waals surface area contributed by atoms with Gasteiger partial charge in [0.2, 0.25) is 5.28 Å².